The van der Waals surface area contributed by atoms with Gasteiger partial charge in [-0.3, -0.25) is 4.79 Å². The van der Waals surface area contributed by atoms with Gasteiger partial charge in [-0.25, -0.2) is 18.7 Å². The van der Waals surface area contributed by atoms with Crippen LogP contribution in [-0.4, -0.2) is 22.4 Å². The van der Waals surface area contributed by atoms with Gasteiger partial charge in [0.25, 0.3) is 5.91 Å². The fraction of sp³-hybridized carbons (Fsp3) is 0.312. The van der Waals surface area contributed by atoms with Crippen LogP contribution in [0.3, 0.4) is 0 Å². The van der Waals surface area contributed by atoms with E-state index < -0.39 is 11.6 Å². The molecule has 0 unspecified atom stereocenters. The van der Waals surface area contributed by atoms with Crippen LogP contribution >= 0.6 is 0 Å². The summed E-state index contributed by atoms with van der Waals surface area (Å²) in [6, 6.07) is 3.41. The lowest BCUT2D eigenvalue weighted by Crippen LogP contribution is -2.26. The van der Waals surface area contributed by atoms with E-state index in [2.05, 4.69) is 34.4 Å². The second-order valence-electron chi connectivity index (χ2n) is 5.48. The van der Waals surface area contributed by atoms with Gasteiger partial charge in [0.15, 0.2) is 11.6 Å². The van der Waals surface area contributed by atoms with Crippen molar-refractivity contribution in [2.75, 3.05) is 11.9 Å². The SMILES string of the molecule is CC(C)CCNC(=O)c1cnc(Nc2ccc(F)c(F)c2)cn1. The second-order valence-corrected chi connectivity index (χ2v) is 5.48. The maximum atomic E-state index is 13.1. The number of nitrogens with zero attached hydrogens (tertiary/aromatic N) is 2. The molecule has 0 fully saturated rings. The van der Waals surface area contributed by atoms with Crippen LogP contribution in [0.25, 0.3) is 0 Å². The van der Waals surface area contributed by atoms with Gasteiger partial charge in [-0.05, 0) is 24.5 Å². The van der Waals surface area contributed by atoms with Crippen molar-refractivity contribution in [3.05, 3.63) is 47.9 Å². The number of anilines is 2. The van der Waals surface area contributed by atoms with Gasteiger partial charge < -0.3 is 10.6 Å². The number of carbonyl (C=O) groups is 1. The van der Waals surface area contributed by atoms with E-state index in [9.17, 15) is 13.6 Å². The normalized spacial score (nSPS) is 10.7. The molecule has 1 heterocycles. The minimum atomic E-state index is -0.955. The molecule has 0 saturated carbocycles. The van der Waals surface area contributed by atoms with Crippen molar-refractivity contribution >= 4 is 17.4 Å². The molecule has 1 amide bonds. The van der Waals surface area contributed by atoms with Crippen molar-refractivity contribution in [2.24, 2.45) is 5.92 Å². The molecule has 0 aliphatic carbocycles. The Balaban J connectivity index is 1.96. The van der Waals surface area contributed by atoms with Gasteiger partial charge in [0, 0.05) is 18.3 Å². The van der Waals surface area contributed by atoms with Gasteiger partial charge in [-0.1, -0.05) is 13.8 Å². The molecule has 0 aliphatic heterocycles. The molecule has 23 heavy (non-hydrogen) atoms. The first-order valence-electron chi connectivity index (χ1n) is 7.28. The monoisotopic (exact) mass is 320 g/mol. The number of halogens is 2. The predicted molar refractivity (Wildman–Crippen MR) is 83.5 cm³/mol. The first-order chi connectivity index (χ1) is 11.0. The van der Waals surface area contributed by atoms with Crippen LogP contribution < -0.4 is 10.6 Å². The lowest BCUT2D eigenvalue weighted by molar-refractivity contribution is 0.0946. The third-order valence-corrected chi connectivity index (χ3v) is 3.08. The summed E-state index contributed by atoms with van der Waals surface area (Å²) in [6.07, 6.45) is 3.57. The summed E-state index contributed by atoms with van der Waals surface area (Å²) in [7, 11) is 0. The van der Waals surface area contributed by atoms with Gasteiger partial charge >= 0.3 is 0 Å². The Kier molecular flexibility index (Phi) is 5.56. The Morgan fingerprint density at radius 1 is 1.17 bits per heavy atom. The molecule has 0 saturated heterocycles. The zero-order valence-corrected chi connectivity index (χ0v) is 12.9. The van der Waals surface area contributed by atoms with E-state index in [0.717, 1.165) is 18.6 Å². The van der Waals surface area contributed by atoms with Crippen LogP contribution in [-0.2, 0) is 0 Å². The van der Waals surface area contributed by atoms with Gasteiger partial charge in [0.05, 0.1) is 12.4 Å². The fourth-order valence-corrected chi connectivity index (χ4v) is 1.80. The molecule has 2 rings (SSSR count). The number of rotatable bonds is 6. The highest BCUT2D eigenvalue weighted by Crippen LogP contribution is 2.16. The van der Waals surface area contributed by atoms with Crippen molar-refractivity contribution in [1.29, 1.82) is 0 Å². The van der Waals surface area contributed by atoms with Crippen LogP contribution in [0, 0.1) is 17.6 Å². The van der Waals surface area contributed by atoms with Crippen molar-refractivity contribution < 1.29 is 13.6 Å². The molecule has 0 atom stereocenters. The molecule has 1 aromatic heterocycles. The molecule has 5 nitrogen and oxygen atoms in total. The summed E-state index contributed by atoms with van der Waals surface area (Å²) in [5.74, 6) is -1.34. The molecule has 122 valence electrons. The highest BCUT2D eigenvalue weighted by Gasteiger charge is 2.08. The second kappa shape index (κ2) is 7.62. The number of hydrogen-bond donors (Lipinski definition) is 2. The Morgan fingerprint density at radius 3 is 2.57 bits per heavy atom. The summed E-state index contributed by atoms with van der Waals surface area (Å²) >= 11 is 0. The summed E-state index contributed by atoms with van der Waals surface area (Å²) < 4.78 is 26.0. The average Bonchev–Trinajstić information content (AvgIpc) is 2.51. The summed E-state index contributed by atoms with van der Waals surface area (Å²) in [5.41, 5.74) is 0.539. The lowest BCUT2D eigenvalue weighted by atomic mass is 10.1. The number of aromatic nitrogens is 2. The van der Waals surface area contributed by atoms with E-state index >= 15 is 0 Å². The molecule has 7 heteroatoms. The Morgan fingerprint density at radius 2 is 1.96 bits per heavy atom. The predicted octanol–water partition coefficient (Wildman–Crippen LogP) is 3.27. The Hall–Kier alpha value is -2.57. The summed E-state index contributed by atoms with van der Waals surface area (Å²) in [5, 5.41) is 5.54. The third-order valence-electron chi connectivity index (χ3n) is 3.08. The van der Waals surface area contributed by atoms with E-state index in [-0.39, 0.29) is 11.6 Å². The van der Waals surface area contributed by atoms with Crippen LogP contribution in [0.15, 0.2) is 30.6 Å². The van der Waals surface area contributed by atoms with Crippen LogP contribution in [0.5, 0.6) is 0 Å². The molecule has 0 aliphatic rings. The number of benzene rings is 1. The minimum absolute atomic E-state index is 0.199. The van der Waals surface area contributed by atoms with Crippen LogP contribution in [0.1, 0.15) is 30.8 Å². The van der Waals surface area contributed by atoms with E-state index in [1.54, 1.807) is 0 Å². The highest BCUT2D eigenvalue weighted by atomic mass is 19.2. The maximum absolute atomic E-state index is 13.1. The molecule has 2 aromatic rings. The third kappa shape index (κ3) is 4.98. The molecule has 2 N–H and O–H groups in total. The number of amides is 1. The number of carbonyl (C=O) groups excluding carboxylic acids is 1. The average molecular weight is 320 g/mol. The van der Waals surface area contributed by atoms with Crippen molar-refractivity contribution in [1.82, 2.24) is 15.3 Å². The van der Waals surface area contributed by atoms with E-state index in [0.29, 0.717) is 24.0 Å². The number of hydrogen-bond acceptors (Lipinski definition) is 4. The molecule has 0 radical (unpaired) electrons. The lowest BCUT2D eigenvalue weighted by Gasteiger charge is -2.08. The quantitative estimate of drug-likeness (QED) is 0.857. The Labute approximate surface area is 133 Å². The molecule has 1 aromatic carbocycles. The van der Waals surface area contributed by atoms with Gasteiger partial charge in [-0.2, -0.15) is 0 Å². The van der Waals surface area contributed by atoms with Crippen LogP contribution in [0.2, 0.25) is 0 Å². The van der Waals surface area contributed by atoms with Gasteiger partial charge in [-0.15, -0.1) is 0 Å². The first kappa shape index (κ1) is 16.8. The minimum Gasteiger partial charge on any atom is -0.351 e. The van der Waals surface area contributed by atoms with E-state index in [4.69, 9.17) is 0 Å². The molecule has 0 spiro atoms. The number of nitrogens with one attached hydrogen (secondary N) is 2. The van der Waals surface area contributed by atoms with Gasteiger partial charge in [0.1, 0.15) is 11.5 Å². The largest absolute Gasteiger partial charge is 0.351 e. The van der Waals surface area contributed by atoms with Crippen molar-refractivity contribution in [2.45, 2.75) is 20.3 Å². The molecular weight excluding hydrogens is 302 g/mol. The zero-order valence-electron chi connectivity index (χ0n) is 12.9. The van der Waals surface area contributed by atoms with E-state index in [1.165, 1.54) is 18.5 Å². The summed E-state index contributed by atoms with van der Waals surface area (Å²) in [4.78, 5) is 19.9. The van der Waals surface area contributed by atoms with Crippen LogP contribution in [0.4, 0.5) is 20.3 Å². The van der Waals surface area contributed by atoms with Crippen molar-refractivity contribution in [3.63, 3.8) is 0 Å². The topological polar surface area (TPSA) is 66.9 Å². The van der Waals surface area contributed by atoms with Crippen molar-refractivity contribution in [3.8, 4) is 0 Å². The Bertz CT molecular complexity index is 674. The maximum Gasteiger partial charge on any atom is 0.271 e. The smallest absolute Gasteiger partial charge is 0.271 e. The standard InChI is InChI=1S/C16H18F2N4O/c1-10(2)5-6-19-16(23)14-8-21-15(9-20-14)22-11-3-4-12(17)13(18)7-11/h3-4,7-10H,5-6H2,1-2H3,(H,19,23)(H,21,22). The summed E-state index contributed by atoms with van der Waals surface area (Å²) in [6.45, 7) is 4.72. The van der Waals surface area contributed by atoms with Gasteiger partial charge in [0.2, 0.25) is 0 Å². The fourth-order valence-electron chi connectivity index (χ4n) is 1.80. The zero-order chi connectivity index (χ0) is 16.8. The highest BCUT2D eigenvalue weighted by molar-refractivity contribution is 5.92. The van der Waals surface area contributed by atoms with E-state index in [1.807, 2.05) is 0 Å². The first-order valence-corrected chi connectivity index (χ1v) is 7.28. The molecule has 0 bridgehead atoms. The molecular formula is C16H18F2N4O.